The van der Waals surface area contributed by atoms with E-state index in [1.54, 1.807) is 0 Å². The Bertz CT molecular complexity index is 588. The van der Waals surface area contributed by atoms with E-state index in [2.05, 4.69) is 0 Å². The number of rotatable bonds is 5. The summed E-state index contributed by atoms with van der Waals surface area (Å²) >= 11 is 0. The first-order valence-electron chi connectivity index (χ1n) is 7.49. The number of hydrogen-bond acceptors (Lipinski definition) is 4. The number of nitrogens with zero attached hydrogens (tertiary/aromatic N) is 1. The Morgan fingerprint density at radius 2 is 1.91 bits per heavy atom. The van der Waals surface area contributed by atoms with E-state index in [1.807, 2.05) is 0 Å². The molecule has 1 fully saturated rings. The predicted octanol–water partition coefficient (Wildman–Crippen LogP) is 1.30. The van der Waals surface area contributed by atoms with Crippen molar-refractivity contribution in [2.45, 2.75) is 31.8 Å². The maximum Gasteiger partial charge on any atom is 0.326 e. The first-order chi connectivity index (χ1) is 11.0. The predicted molar refractivity (Wildman–Crippen MR) is 79.5 cm³/mol. The Morgan fingerprint density at radius 1 is 1.22 bits per heavy atom. The Hall–Kier alpha value is -2.44. The van der Waals surface area contributed by atoms with Crippen molar-refractivity contribution < 1.29 is 23.5 Å². The van der Waals surface area contributed by atoms with Gasteiger partial charge in [0, 0.05) is 18.5 Å². The minimum absolute atomic E-state index is 0.100. The Balaban J connectivity index is 2.01. The average molecular weight is 322 g/mol. The summed E-state index contributed by atoms with van der Waals surface area (Å²) in [6, 6.07) is 4.96. The molecule has 1 atom stereocenters. The molecule has 6 nitrogen and oxygen atoms in total. The third-order valence-corrected chi connectivity index (χ3v) is 3.67. The van der Waals surface area contributed by atoms with E-state index in [4.69, 9.17) is 10.5 Å². The molecule has 23 heavy (non-hydrogen) atoms. The number of amides is 2. The molecule has 0 bridgehead atoms. The third kappa shape index (κ3) is 4.77. The molecule has 1 saturated heterocycles. The minimum Gasteiger partial charge on any atom is -0.446 e. The van der Waals surface area contributed by atoms with Crippen LogP contribution in [0.15, 0.2) is 24.3 Å². The second-order valence-corrected chi connectivity index (χ2v) is 5.45. The van der Waals surface area contributed by atoms with Gasteiger partial charge < -0.3 is 15.4 Å². The summed E-state index contributed by atoms with van der Waals surface area (Å²) in [5, 5.41) is 0. The molecule has 1 heterocycles. The molecule has 0 unspecified atom stereocenters. The number of hydrogen-bond donors (Lipinski definition) is 1. The van der Waals surface area contributed by atoms with Crippen molar-refractivity contribution in [2.75, 3.05) is 13.1 Å². The molecule has 0 spiro atoms. The van der Waals surface area contributed by atoms with E-state index >= 15 is 0 Å². The minimum atomic E-state index is -1.30. The van der Waals surface area contributed by atoms with Crippen LogP contribution < -0.4 is 5.73 Å². The molecule has 1 aromatic carbocycles. The van der Waals surface area contributed by atoms with Crippen LogP contribution in [0.4, 0.5) is 4.39 Å². The maximum absolute atomic E-state index is 12.9. The van der Waals surface area contributed by atoms with Crippen molar-refractivity contribution in [1.29, 1.82) is 0 Å². The molecule has 0 saturated carbocycles. The normalized spacial score (nSPS) is 16.6. The lowest BCUT2D eigenvalue weighted by molar-refractivity contribution is -0.158. The number of likely N-dealkylation sites (tertiary alicyclic amines) is 1. The van der Waals surface area contributed by atoms with Crippen molar-refractivity contribution in [1.82, 2.24) is 4.90 Å². The van der Waals surface area contributed by atoms with Crippen LogP contribution in [0.5, 0.6) is 0 Å². The smallest absolute Gasteiger partial charge is 0.326 e. The first-order valence-corrected chi connectivity index (χ1v) is 7.49. The summed E-state index contributed by atoms with van der Waals surface area (Å²) in [5.74, 6) is -2.14. The first kappa shape index (κ1) is 16.9. The van der Waals surface area contributed by atoms with E-state index in [0.717, 1.165) is 31.4 Å². The van der Waals surface area contributed by atoms with Crippen LogP contribution in [0.3, 0.4) is 0 Å². The summed E-state index contributed by atoms with van der Waals surface area (Å²) in [4.78, 5) is 36.8. The van der Waals surface area contributed by atoms with Crippen LogP contribution >= 0.6 is 0 Å². The van der Waals surface area contributed by atoms with Crippen LogP contribution in [0.25, 0.3) is 0 Å². The van der Waals surface area contributed by atoms with Gasteiger partial charge in [0.25, 0.3) is 5.91 Å². The molecule has 0 aromatic heterocycles. The lowest BCUT2D eigenvalue weighted by Gasteiger charge is -2.21. The third-order valence-electron chi connectivity index (χ3n) is 3.67. The van der Waals surface area contributed by atoms with E-state index in [0.29, 0.717) is 13.0 Å². The van der Waals surface area contributed by atoms with Gasteiger partial charge in [-0.3, -0.25) is 14.4 Å². The summed E-state index contributed by atoms with van der Waals surface area (Å²) in [5.41, 5.74) is 5.54. The fourth-order valence-electron chi connectivity index (χ4n) is 2.46. The summed E-state index contributed by atoms with van der Waals surface area (Å²) in [7, 11) is 0. The van der Waals surface area contributed by atoms with E-state index < -0.39 is 23.8 Å². The van der Waals surface area contributed by atoms with Crippen molar-refractivity contribution >= 4 is 17.8 Å². The second kappa shape index (κ2) is 7.71. The van der Waals surface area contributed by atoms with Crippen LogP contribution in [-0.2, 0) is 19.1 Å². The highest BCUT2D eigenvalue weighted by atomic mass is 19.1. The van der Waals surface area contributed by atoms with Crippen molar-refractivity contribution in [3.05, 3.63) is 35.6 Å². The molecule has 1 aliphatic heterocycles. The Morgan fingerprint density at radius 3 is 2.57 bits per heavy atom. The fourth-order valence-corrected chi connectivity index (χ4v) is 2.46. The summed E-state index contributed by atoms with van der Waals surface area (Å²) in [6.45, 7) is 0.273. The highest BCUT2D eigenvalue weighted by Crippen LogP contribution is 2.18. The van der Waals surface area contributed by atoms with Crippen LogP contribution in [-0.4, -0.2) is 35.8 Å². The zero-order chi connectivity index (χ0) is 16.8. The zero-order valence-electron chi connectivity index (χ0n) is 12.7. The number of esters is 1. The van der Waals surface area contributed by atoms with Gasteiger partial charge in [0.2, 0.25) is 12.0 Å². The molecular formula is C16H19FN2O4. The van der Waals surface area contributed by atoms with Gasteiger partial charge in [-0.15, -0.1) is 0 Å². The quantitative estimate of drug-likeness (QED) is 0.827. The Labute approximate surface area is 133 Å². The lowest BCUT2D eigenvalue weighted by atomic mass is 10.1. The zero-order valence-corrected chi connectivity index (χ0v) is 12.7. The van der Waals surface area contributed by atoms with E-state index in [-0.39, 0.29) is 18.0 Å². The number of nitrogens with two attached hydrogens (primary N) is 1. The number of halogens is 1. The van der Waals surface area contributed by atoms with Gasteiger partial charge in [0.15, 0.2) is 0 Å². The molecule has 2 amide bonds. The van der Waals surface area contributed by atoms with Gasteiger partial charge in [0.1, 0.15) is 12.4 Å². The van der Waals surface area contributed by atoms with Gasteiger partial charge in [0.05, 0.1) is 0 Å². The standard InChI is InChI=1S/C16H19FN2O4/c17-12-7-5-11(6-8-12)15(16(18)22)23-14(21)10-19-9-3-1-2-4-13(19)20/h5-8,15H,1-4,9-10H2,(H2,18,22)/t15-/m1/s1. The van der Waals surface area contributed by atoms with Crippen molar-refractivity contribution in [3.63, 3.8) is 0 Å². The fraction of sp³-hybridized carbons (Fsp3) is 0.438. The monoisotopic (exact) mass is 322 g/mol. The average Bonchev–Trinajstić information content (AvgIpc) is 2.71. The van der Waals surface area contributed by atoms with Crippen molar-refractivity contribution in [2.24, 2.45) is 5.73 Å². The maximum atomic E-state index is 12.9. The largest absolute Gasteiger partial charge is 0.446 e. The highest BCUT2D eigenvalue weighted by Gasteiger charge is 2.25. The molecule has 0 radical (unpaired) electrons. The SMILES string of the molecule is NC(=O)[C@H](OC(=O)CN1CCCCCC1=O)c1ccc(F)cc1. The number of benzene rings is 1. The summed E-state index contributed by atoms with van der Waals surface area (Å²) < 4.78 is 18.0. The molecule has 2 rings (SSSR count). The van der Waals surface area contributed by atoms with Gasteiger partial charge in [-0.05, 0) is 25.0 Å². The number of carbonyl (C=O) groups excluding carboxylic acids is 3. The number of carbonyl (C=O) groups is 3. The lowest BCUT2D eigenvalue weighted by Crippen LogP contribution is -2.37. The molecule has 124 valence electrons. The number of ether oxygens (including phenoxy) is 1. The van der Waals surface area contributed by atoms with E-state index in [1.165, 1.54) is 17.0 Å². The highest BCUT2D eigenvalue weighted by molar-refractivity contribution is 5.86. The van der Waals surface area contributed by atoms with Gasteiger partial charge in [-0.1, -0.05) is 18.6 Å². The molecule has 0 aliphatic carbocycles. The molecule has 2 N–H and O–H groups in total. The molecular weight excluding hydrogens is 303 g/mol. The van der Waals surface area contributed by atoms with Gasteiger partial charge >= 0.3 is 5.97 Å². The van der Waals surface area contributed by atoms with Gasteiger partial charge in [-0.25, -0.2) is 4.39 Å². The molecule has 1 aliphatic rings. The van der Waals surface area contributed by atoms with Crippen LogP contribution in [0.2, 0.25) is 0 Å². The van der Waals surface area contributed by atoms with E-state index in [9.17, 15) is 18.8 Å². The molecule has 7 heteroatoms. The topological polar surface area (TPSA) is 89.7 Å². The van der Waals surface area contributed by atoms with Gasteiger partial charge in [-0.2, -0.15) is 0 Å². The number of primary amides is 1. The molecule has 1 aromatic rings. The Kier molecular flexibility index (Phi) is 5.67. The summed E-state index contributed by atoms with van der Waals surface area (Å²) in [6.07, 6.45) is 1.69. The van der Waals surface area contributed by atoms with Crippen molar-refractivity contribution in [3.8, 4) is 0 Å². The second-order valence-electron chi connectivity index (χ2n) is 5.45. The van der Waals surface area contributed by atoms with Crippen LogP contribution in [0, 0.1) is 5.82 Å². The van der Waals surface area contributed by atoms with Crippen LogP contribution in [0.1, 0.15) is 37.4 Å².